The monoisotopic (exact) mass is 368 g/mol. The Morgan fingerprint density at radius 2 is 1.92 bits per heavy atom. The average Bonchev–Trinajstić information content (AvgIpc) is 2.68. The van der Waals surface area contributed by atoms with Gasteiger partial charge in [-0.3, -0.25) is 9.89 Å². The maximum Gasteiger partial charge on any atom is 0.191 e. The number of rotatable bonds is 9. The summed E-state index contributed by atoms with van der Waals surface area (Å²) in [5.41, 5.74) is 0. The lowest BCUT2D eigenvalue weighted by Crippen LogP contribution is -2.48. The number of guanidine groups is 1. The molecule has 2 fully saturated rings. The summed E-state index contributed by atoms with van der Waals surface area (Å²) in [6.07, 6.45) is 5.94. The number of piperidine rings is 1. The topological polar surface area (TPSA) is 58.1 Å². The maximum absolute atomic E-state index is 5.81. The Hall–Kier alpha value is -0.850. The lowest BCUT2D eigenvalue weighted by Gasteiger charge is -2.35. The number of likely N-dealkylation sites (tertiary alicyclic amines) is 1. The Labute approximate surface area is 160 Å². The first kappa shape index (κ1) is 21.5. The van der Waals surface area contributed by atoms with E-state index in [0.717, 1.165) is 70.7 Å². The van der Waals surface area contributed by atoms with Gasteiger partial charge in [0.1, 0.15) is 0 Å². The highest BCUT2D eigenvalue weighted by Crippen LogP contribution is 2.17. The van der Waals surface area contributed by atoms with E-state index in [1.165, 1.54) is 25.9 Å². The lowest BCUT2D eigenvalue weighted by molar-refractivity contribution is 0.0203. The number of nitrogens with one attached hydrogen (secondary N) is 2. The molecule has 2 aliphatic heterocycles. The fourth-order valence-corrected chi connectivity index (χ4v) is 3.61. The van der Waals surface area contributed by atoms with Crippen LogP contribution in [-0.4, -0.2) is 76.6 Å². The van der Waals surface area contributed by atoms with Gasteiger partial charge in [-0.1, -0.05) is 6.92 Å². The first-order valence-corrected chi connectivity index (χ1v) is 10.5. The first-order valence-electron chi connectivity index (χ1n) is 10.5. The Bertz CT molecular complexity index is 391. The minimum Gasteiger partial charge on any atom is -0.381 e. The van der Waals surface area contributed by atoms with Crippen LogP contribution in [-0.2, 0) is 9.47 Å². The molecule has 0 amide bonds. The van der Waals surface area contributed by atoms with E-state index in [9.17, 15) is 0 Å². The third kappa shape index (κ3) is 8.23. The second-order valence-corrected chi connectivity index (χ2v) is 7.93. The highest BCUT2D eigenvalue weighted by molar-refractivity contribution is 5.79. The van der Waals surface area contributed by atoms with Crippen LogP contribution in [0.3, 0.4) is 0 Å². The molecule has 152 valence electrons. The fourth-order valence-electron chi connectivity index (χ4n) is 3.61. The van der Waals surface area contributed by atoms with Gasteiger partial charge in [-0.2, -0.15) is 0 Å². The largest absolute Gasteiger partial charge is 0.381 e. The molecule has 2 N–H and O–H groups in total. The average molecular weight is 369 g/mol. The van der Waals surface area contributed by atoms with E-state index in [2.05, 4.69) is 34.4 Å². The molecule has 2 aliphatic rings. The molecular weight excluding hydrogens is 328 g/mol. The first-order chi connectivity index (χ1) is 12.7. The molecule has 2 heterocycles. The van der Waals surface area contributed by atoms with Crippen molar-refractivity contribution in [3.05, 3.63) is 0 Å². The van der Waals surface area contributed by atoms with Gasteiger partial charge in [0.2, 0.25) is 0 Å². The molecule has 0 aromatic heterocycles. The van der Waals surface area contributed by atoms with E-state index in [4.69, 9.17) is 9.47 Å². The Balaban J connectivity index is 1.49. The molecule has 1 unspecified atom stereocenters. The number of nitrogens with zero attached hydrogens (tertiary/aromatic N) is 2. The molecule has 0 aromatic rings. The van der Waals surface area contributed by atoms with Gasteiger partial charge in [0.05, 0.1) is 0 Å². The molecule has 6 nitrogen and oxygen atoms in total. The van der Waals surface area contributed by atoms with Crippen molar-refractivity contribution in [3.63, 3.8) is 0 Å². The van der Waals surface area contributed by atoms with Crippen molar-refractivity contribution < 1.29 is 9.47 Å². The minimum atomic E-state index is 0.545. The van der Waals surface area contributed by atoms with Gasteiger partial charge in [0.15, 0.2) is 5.96 Å². The zero-order valence-electron chi connectivity index (χ0n) is 17.1. The molecule has 0 saturated carbocycles. The summed E-state index contributed by atoms with van der Waals surface area (Å²) >= 11 is 0. The molecule has 0 aliphatic carbocycles. The molecule has 26 heavy (non-hydrogen) atoms. The third-order valence-electron chi connectivity index (χ3n) is 5.68. The second-order valence-electron chi connectivity index (χ2n) is 7.93. The van der Waals surface area contributed by atoms with Crippen LogP contribution in [0.15, 0.2) is 4.99 Å². The molecule has 0 spiro atoms. The second kappa shape index (κ2) is 12.5. The number of hydrogen-bond acceptors (Lipinski definition) is 4. The Morgan fingerprint density at radius 3 is 2.62 bits per heavy atom. The van der Waals surface area contributed by atoms with E-state index < -0.39 is 0 Å². The van der Waals surface area contributed by atoms with Gasteiger partial charge >= 0.3 is 0 Å². The van der Waals surface area contributed by atoms with Crippen LogP contribution >= 0.6 is 0 Å². The minimum absolute atomic E-state index is 0.545. The van der Waals surface area contributed by atoms with Crippen molar-refractivity contribution in [3.8, 4) is 0 Å². The van der Waals surface area contributed by atoms with Crippen molar-refractivity contribution in [1.82, 2.24) is 15.5 Å². The molecule has 6 heteroatoms. The van der Waals surface area contributed by atoms with Crippen molar-refractivity contribution in [2.24, 2.45) is 16.8 Å². The van der Waals surface area contributed by atoms with Crippen LogP contribution in [0.25, 0.3) is 0 Å². The van der Waals surface area contributed by atoms with E-state index >= 15 is 0 Å². The maximum atomic E-state index is 5.81. The van der Waals surface area contributed by atoms with Crippen LogP contribution in [0, 0.1) is 11.8 Å². The summed E-state index contributed by atoms with van der Waals surface area (Å²) in [5, 5.41) is 6.86. The third-order valence-corrected chi connectivity index (χ3v) is 5.68. The van der Waals surface area contributed by atoms with Crippen LogP contribution in [0.2, 0.25) is 0 Å². The highest BCUT2D eigenvalue weighted by atomic mass is 16.5. The van der Waals surface area contributed by atoms with Gasteiger partial charge in [-0.05, 0) is 64.0 Å². The van der Waals surface area contributed by atoms with Crippen LogP contribution in [0.1, 0.15) is 46.0 Å². The van der Waals surface area contributed by atoms with Crippen LogP contribution in [0.4, 0.5) is 0 Å². The van der Waals surface area contributed by atoms with Gasteiger partial charge in [-0.25, -0.2) is 0 Å². The molecule has 0 bridgehead atoms. The number of hydrogen-bond donors (Lipinski definition) is 2. The van der Waals surface area contributed by atoms with Gasteiger partial charge in [0, 0.05) is 52.6 Å². The summed E-state index contributed by atoms with van der Waals surface area (Å²) in [4.78, 5) is 6.92. The molecule has 0 radical (unpaired) electrons. The van der Waals surface area contributed by atoms with E-state index in [1.54, 1.807) is 0 Å². The predicted molar refractivity (Wildman–Crippen MR) is 108 cm³/mol. The molecular formula is C20H40N4O2. The fraction of sp³-hybridized carbons (Fsp3) is 0.950. The summed E-state index contributed by atoms with van der Waals surface area (Å²) in [5.74, 6) is 2.46. The summed E-state index contributed by atoms with van der Waals surface area (Å²) in [6.45, 7) is 12.4. The standard InChI is InChI=1S/C20H40N4O2/c1-17-5-10-24(11-6-17)18(2)15-23-20(21-3)22-9-4-12-26-16-19-7-13-25-14-8-19/h17-19H,4-16H2,1-3H3,(H2,21,22,23). The molecule has 0 aromatic carbocycles. The van der Waals surface area contributed by atoms with E-state index in [0.29, 0.717) is 12.0 Å². The zero-order valence-corrected chi connectivity index (χ0v) is 17.1. The number of ether oxygens (including phenoxy) is 2. The summed E-state index contributed by atoms with van der Waals surface area (Å²) in [7, 11) is 1.84. The van der Waals surface area contributed by atoms with Crippen molar-refractivity contribution >= 4 is 5.96 Å². The van der Waals surface area contributed by atoms with Crippen molar-refractivity contribution in [1.29, 1.82) is 0 Å². The summed E-state index contributed by atoms with van der Waals surface area (Å²) in [6, 6.07) is 0.545. The van der Waals surface area contributed by atoms with Crippen molar-refractivity contribution in [2.45, 2.75) is 52.0 Å². The van der Waals surface area contributed by atoms with Gasteiger partial charge in [0.25, 0.3) is 0 Å². The predicted octanol–water partition coefficient (Wildman–Crippen LogP) is 2.11. The van der Waals surface area contributed by atoms with E-state index in [-0.39, 0.29) is 0 Å². The molecule has 2 rings (SSSR count). The Kier molecular flexibility index (Phi) is 10.3. The summed E-state index contributed by atoms with van der Waals surface area (Å²) < 4.78 is 11.2. The Morgan fingerprint density at radius 1 is 1.19 bits per heavy atom. The normalized spacial score (nSPS) is 22.3. The van der Waals surface area contributed by atoms with Crippen molar-refractivity contribution in [2.75, 3.05) is 59.7 Å². The SMILES string of the molecule is CN=C(NCCCOCC1CCOCC1)NCC(C)N1CCC(C)CC1. The molecule has 1 atom stereocenters. The van der Waals surface area contributed by atoms with Gasteiger partial charge in [-0.15, -0.1) is 0 Å². The van der Waals surface area contributed by atoms with E-state index in [1.807, 2.05) is 7.05 Å². The zero-order chi connectivity index (χ0) is 18.6. The number of aliphatic imine (C=N–C) groups is 1. The van der Waals surface area contributed by atoms with Crippen LogP contribution in [0.5, 0.6) is 0 Å². The quantitative estimate of drug-likeness (QED) is 0.371. The smallest absolute Gasteiger partial charge is 0.191 e. The highest BCUT2D eigenvalue weighted by Gasteiger charge is 2.20. The lowest BCUT2D eigenvalue weighted by atomic mass is 9.98. The molecule has 2 saturated heterocycles. The van der Waals surface area contributed by atoms with Crippen LogP contribution < -0.4 is 10.6 Å². The van der Waals surface area contributed by atoms with Gasteiger partial charge < -0.3 is 20.1 Å².